The average molecular weight is 74.1 g/mol. The molecule has 0 aromatic rings. The number of hydrogen-bond donors (Lipinski definition) is 0. The quantitative estimate of drug-likeness (QED) is 0.386. The summed E-state index contributed by atoms with van der Waals surface area (Å²) >= 11 is 0. The van der Waals surface area contributed by atoms with Crippen molar-refractivity contribution in [3.63, 3.8) is 0 Å². The molecule has 1 saturated heterocycles. The van der Waals surface area contributed by atoms with E-state index in [0.29, 0.717) is 6.10 Å². The van der Waals surface area contributed by atoms with Crippen LogP contribution >= 0.6 is 0 Å². The molecular weight excluding hydrogens is 68.0 g/mol. The Kier molecular flexibility index (Phi) is 0.596. The molecule has 1 aliphatic rings. The van der Waals surface area contributed by atoms with Crippen molar-refractivity contribution in [1.82, 2.24) is 0 Å². The third kappa shape index (κ3) is 0.412. The summed E-state index contributed by atoms with van der Waals surface area (Å²) in [5.41, 5.74) is 0. The number of rotatable bonds is 0. The summed E-state index contributed by atoms with van der Waals surface area (Å²) in [6.07, 6.45) is 0.343. The molecule has 0 spiro atoms. The minimum Gasteiger partial charge on any atom is -0.234 e. The molecule has 1 aliphatic heterocycles. The normalized spacial score (nSPS) is 36.6. The first-order valence-corrected chi connectivity index (χ1v) is 1.68. The van der Waals surface area contributed by atoms with Gasteiger partial charge in [0.25, 0.3) is 0 Å². The fourth-order valence-corrected chi connectivity index (χ4v) is 0.204. The topological polar surface area (TPSA) is 18.5 Å². The second-order valence-corrected chi connectivity index (χ2v) is 1.19. The second kappa shape index (κ2) is 0.954. The fourth-order valence-electron chi connectivity index (χ4n) is 0.204. The van der Waals surface area contributed by atoms with Crippen LogP contribution < -0.4 is 0 Å². The van der Waals surface area contributed by atoms with E-state index in [1.807, 2.05) is 6.92 Å². The lowest BCUT2D eigenvalue weighted by molar-refractivity contribution is -0.419. The van der Waals surface area contributed by atoms with E-state index in [1.165, 1.54) is 0 Å². The zero-order chi connectivity index (χ0) is 3.70. The molecule has 5 heavy (non-hydrogen) atoms. The van der Waals surface area contributed by atoms with Gasteiger partial charge in [0.2, 0.25) is 0 Å². The van der Waals surface area contributed by atoms with Crippen molar-refractivity contribution in [1.29, 1.82) is 0 Å². The van der Waals surface area contributed by atoms with Gasteiger partial charge < -0.3 is 0 Å². The van der Waals surface area contributed by atoms with Crippen LogP contribution in [0.3, 0.4) is 0 Å². The first-order chi connectivity index (χ1) is 2.39. The van der Waals surface area contributed by atoms with Gasteiger partial charge in [-0.05, 0) is 6.92 Å². The Morgan fingerprint density at radius 2 is 2.20 bits per heavy atom. The monoisotopic (exact) mass is 74.0 g/mol. The molecule has 0 N–H and O–H groups in total. The Morgan fingerprint density at radius 3 is 2.20 bits per heavy atom. The van der Waals surface area contributed by atoms with Gasteiger partial charge in [-0.15, -0.1) is 0 Å². The van der Waals surface area contributed by atoms with Gasteiger partial charge >= 0.3 is 0 Å². The SMILES string of the molecule is CC1COO1. The maximum absolute atomic E-state index is 4.43. The molecule has 30 valence electrons. The third-order valence-corrected chi connectivity index (χ3v) is 0.535. The highest BCUT2D eigenvalue weighted by Gasteiger charge is 2.11. The maximum atomic E-state index is 4.43. The van der Waals surface area contributed by atoms with E-state index in [4.69, 9.17) is 0 Å². The van der Waals surface area contributed by atoms with Crippen molar-refractivity contribution >= 4 is 0 Å². The van der Waals surface area contributed by atoms with Crippen LogP contribution in [-0.2, 0) is 9.78 Å². The molecule has 1 atom stereocenters. The summed E-state index contributed by atoms with van der Waals surface area (Å²) in [6.45, 7) is 2.73. The summed E-state index contributed by atoms with van der Waals surface area (Å²) in [4.78, 5) is 8.77. The lowest BCUT2D eigenvalue weighted by atomic mass is 10.4. The summed E-state index contributed by atoms with van der Waals surface area (Å²) in [6, 6.07) is 0. The van der Waals surface area contributed by atoms with Crippen molar-refractivity contribution in [3.05, 3.63) is 0 Å². The van der Waals surface area contributed by atoms with Crippen molar-refractivity contribution in [3.8, 4) is 0 Å². The lowest BCUT2D eigenvalue weighted by Gasteiger charge is -2.18. The molecule has 2 nitrogen and oxygen atoms in total. The number of hydrogen-bond acceptors (Lipinski definition) is 2. The average Bonchev–Trinajstić information content (AvgIpc) is 1.30. The van der Waals surface area contributed by atoms with E-state index in [2.05, 4.69) is 9.78 Å². The first-order valence-electron chi connectivity index (χ1n) is 1.68. The van der Waals surface area contributed by atoms with Gasteiger partial charge in [0.15, 0.2) is 0 Å². The highest BCUT2D eigenvalue weighted by molar-refractivity contribution is 4.45. The van der Waals surface area contributed by atoms with E-state index in [0.717, 1.165) is 6.61 Å². The standard InChI is InChI=1S/C3H6O2/c1-3-2-4-5-3/h3H,2H2,1H3. The van der Waals surface area contributed by atoms with Gasteiger partial charge in [0.1, 0.15) is 12.7 Å². The smallest absolute Gasteiger partial charge is 0.117 e. The van der Waals surface area contributed by atoms with Gasteiger partial charge in [-0.1, -0.05) is 0 Å². The van der Waals surface area contributed by atoms with Crippen molar-refractivity contribution in [2.24, 2.45) is 0 Å². The summed E-state index contributed by atoms with van der Waals surface area (Å²) < 4.78 is 0. The minimum atomic E-state index is 0.343. The highest BCUT2D eigenvalue weighted by Crippen LogP contribution is 2.02. The minimum absolute atomic E-state index is 0.343. The molecule has 1 unspecified atom stereocenters. The van der Waals surface area contributed by atoms with Crippen molar-refractivity contribution < 1.29 is 9.78 Å². The molecule has 0 aromatic heterocycles. The van der Waals surface area contributed by atoms with Gasteiger partial charge in [-0.2, -0.15) is 0 Å². The summed E-state index contributed by atoms with van der Waals surface area (Å²) in [7, 11) is 0. The molecule has 1 heterocycles. The van der Waals surface area contributed by atoms with Crippen LogP contribution in [0.15, 0.2) is 0 Å². The first kappa shape index (κ1) is 3.12. The van der Waals surface area contributed by atoms with Crippen LogP contribution in [0.1, 0.15) is 6.92 Å². The zero-order valence-corrected chi connectivity index (χ0v) is 3.10. The van der Waals surface area contributed by atoms with Gasteiger partial charge in [-0.3, -0.25) is 0 Å². The van der Waals surface area contributed by atoms with Crippen LogP contribution in [0.4, 0.5) is 0 Å². The van der Waals surface area contributed by atoms with Crippen molar-refractivity contribution in [2.45, 2.75) is 13.0 Å². The summed E-state index contributed by atoms with van der Waals surface area (Å²) in [5, 5.41) is 0. The second-order valence-electron chi connectivity index (χ2n) is 1.19. The van der Waals surface area contributed by atoms with Crippen LogP contribution in [0, 0.1) is 0 Å². The maximum Gasteiger partial charge on any atom is 0.117 e. The third-order valence-electron chi connectivity index (χ3n) is 0.535. The molecule has 0 bridgehead atoms. The zero-order valence-electron chi connectivity index (χ0n) is 3.10. The molecular formula is C3H6O2. The van der Waals surface area contributed by atoms with Gasteiger partial charge in [-0.25, -0.2) is 9.78 Å². The Labute approximate surface area is 30.6 Å². The Balaban J connectivity index is 2.08. The predicted molar refractivity (Wildman–Crippen MR) is 16.5 cm³/mol. The van der Waals surface area contributed by atoms with E-state index in [-0.39, 0.29) is 0 Å². The molecule has 0 amide bonds. The Morgan fingerprint density at radius 1 is 1.80 bits per heavy atom. The molecule has 0 saturated carbocycles. The van der Waals surface area contributed by atoms with Crippen LogP contribution in [0.25, 0.3) is 0 Å². The Hall–Kier alpha value is -0.0800. The highest BCUT2D eigenvalue weighted by atomic mass is 17.2. The van der Waals surface area contributed by atoms with Crippen LogP contribution in [-0.4, -0.2) is 12.7 Å². The van der Waals surface area contributed by atoms with Crippen molar-refractivity contribution in [2.75, 3.05) is 6.61 Å². The van der Waals surface area contributed by atoms with Crippen LogP contribution in [0.2, 0.25) is 0 Å². The Bertz CT molecular complexity index is 31.9. The largest absolute Gasteiger partial charge is 0.234 e. The van der Waals surface area contributed by atoms with Gasteiger partial charge in [0.05, 0.1) is 0 Å². The molecule has 1 fully saturated rings. The lowest BCUT2D eigenvalue weighted by Crippen LogP contribution is -2.26. The summed E-state index contributed by atoms with van der Waals surface area (Å²) in [5.74, 6) is 0. The van der Waals surface area contributed by atoms with Crippen LogP contribution in [0.5, 0.6) is 0 Å². The van der Waals surface area contributed by atoms with E-state index in [9.17, 15) is 0 Å². The van der Waals surface area contributed by atoms with Gasteiger partial charge in [0, 0.05) is 0 Å². The van der Waals surface area contributed by atoms with E-state index >= 15 is 0 Å². The predicted octanol–water partition coefficient (Wildman–Crippen LogP) is 0.337. The van der Waals surface area contributed by atoms with E-state index in [1.54, 1.807) is 0 Å². The molecule has 2 heteroatoms. The fraction of sp³-hybridized carbons (Fsp3) is 1.00. The molecule has 0 radical (unpaired) electrons. The molecule has 1 rings (SSSR count). The van der Waals surface area contributed by atoms with E-state index < -0.39 is 0 Å². The molecule has 0 aliphatic carbocycles. The molecule has 0 aromatic carbocycles.